The van der Waals surface area contributed by atoms with E-state index in [0.29, 0.717) is 30.4 Å². The summed E-state index contributed by atoms with van der Waals surface area (Å²) in [5, 5.41) is 43.7. The molecule has 0 aliphatic rings. The molecule has 2 aromatic carbocycles. The molecule has 9 heteroatoms. The summed E-state index contributed by atoms with van der Waals surface area (Å²) in [6, 6.07) is 7.46. The summed E-state index contributed by atoms with van der Waals surface area (Å²) >= 11 is 0. The van der Waals surface area contributed by atoms with Crippen molar-refractivity contribution in [2.75, 3.05) is 13.2 Å². The monoisotopic (exact) mass is 548 g/mol. The highest BCUT2D eigenvalue weighted by Crippen LogP contribution is 2.46. The van der Waals surface area contributed by atoms with Gasteiger partial charge < -0.3 is 35.0 Å². The number of benzene rings is 2. The Balaban J connectivity index is 0.000000573. The molecule has 0 spiro atoms. The van der Waals surface area contributed by atoms with Gasteiger partial charge in [-0.2, -0.15) is 0 Å². The van der Waals surface area contributed by atoms with Crippen molar-refractivity contribution in [2.45, 2.75) is 90.9 Å². The largest absolute Gasteiger partial charge is 0.504 e. The molecule has 0 saturated carbocycles. The summed E-state index contributed by atoms with van der Waals surface area (Å²) < 4.78 is 10.7. The second-order valence-electron chi connectivity index (χ2n) is 9.31. The van der Waals surface area contributed by atoms with E-state index in [2.05, 4.69) is 13.8 Å². The second kappa shape index (κ2) is 19.4. The maximum absolute atomic E-state index is 12.4. The molecule has 218 valence electrons. The first-order valence-corrected chi connectivity index (χ1v) is 13.8. The zero-order valence-electron chi connectivity index (χ0n) is 23.2. The van der Waals surface area contributed by atoms with Gasteiger partial charge in [0.1, 0.15) is 0 Å². The van der Waals surface area contributed by atoms with Crippen molar-refractivity contribution in [3.63, 3.8) is 0 Å². The fourth-order valence-electron chi connectivity index (χ4n) is 3.71. The number of rotatable bonds is 16. The molecule has 2 aromatic rings. The minimum absolute atomic E-state index is 0.293. The van der Waals surface area contributed by atoms with E-state index in [4.69, 9.17) is 35.0 Å². The Labute approximate surface area is 231 Å². The van der Waals surface area contributed by atoms with Gasteiger partial charge in [-0.15, -0.1) is 0 Å². The lowest BCUT2D eigenvalue weighted by molar-refractivity contribution is 0.0450. The molecule has 0 unspecified atom stereocenters. The summed E-state index contributed by atoms with van der Waals surface area (Å²) in [4.78, 5) is 24.7. The predicted octanol–water partition coefficient (Wildman–Crippen LogP) is 6.94. The molecule has 0 amide bonds. The van der Waals surface area contributed by atoms with E-state index in [1.165, 1.54) is 51.4 Å². The molecule has 9 nitrogen and oxygen atoms in total. The third kappa shape index (κ3) is 12.7. The van der Waals surface area contributed by atoms with E-state index >= 15 is 0 Å². The molecule has 0 aliphatic heterocycles. The van der Waals surface area contributed by atoms with Gasteiger partial charge in [0.25, 0.3) is 0 Å². The highest BCUT2D eigenvalue weighted by atomic mass is 16.5. The number of carbonyl (C=O) groups excluding carboxylic acids is 2. The number of hydrogen-bond acceptors (Lipinski definition) is 9. The fraction of sp³-hybridized carbons (Fsp3) is 0.533. The van der Waals surface area contributed by atoms with Gasteiger partial charge in [-0.3, -0.25) is 0 Å². The molecule has 0 aromatic heterocycles. The third-order valence-corrected chi connectivity index (χ3v) is 6.04. The van der Waals surface area contributed by atoms with Crippen LogP contribution in [0.5, 0.6) is 28.7 Å². The van der Waals surface area contributed by atoms with Crippen LogP contribution in [0.3, 0.4) is 0 Å². The minimum Gasteiger partial charge on any atom is -0.504 e. The molecule has 0 aliphatic carbocycles. The molecular weight excluding hydrogens is 504 g/mol. The number of aromatic hydroxyl groups is 5. The Hall–Kier alpha value is -3.62. The Kier molecular flexibility index (Phi) is 16.7. The highest BCUT2D eigenvalue weighted by Gasteiger charge is 2.19. The maximum atomic E-state index is 12.4. The van der Waals surface area contributed by atoms with Gasteiger partial charge in [-0.25, -0.2) is 9.59 Å². The van der Waals surface area contributed by atoms with E-state index in [-0.39, 0.29) is 0 Å². The van der Waals surface area contributed by atoms with Crippen LogP contribution < -0.4 is 0 Å². The summed E-state index contributed by atoms with van der Waals surface area (Å²) in [7, 11) is 0. The fourth-order valence-corrected chi connectivity index (χ4v) is 3.71. The molecule has 0 radical (unpaired) electrons. The number of carbonyl (C=O) groups is 2. The maximum Gasteiger partial charge on any atom is 0.339 e. The van der Waals surface area contributed by atoms with E-state index in [9.17, 15) is 9.59 Å². The van der Waals surface area contributed by atoms with E-state index < -0.39 is 40.7 Å². The molecule has 0 atom stereocenters. The van der Waals surface area contributed by atoms with E-state index in [1.54, 1.807) is 24.3 Å². The topological polar surface area (TPSA) is 154 Å². The lowest BCUT2D eigenvalue weighted by atomic mass is 10.1. The Morgan fingerprint density at radius 3 is 1.31 bits per heavy atom. The molecule has 5 N–H and O–H groups in total. The number of esters is 2. The van der Waals surface area contributed by atoms with Crippen LogP contribution in [0, 0.1) is 0 Å². The van der Waals surface area contributed by atoms with Gasteiger partial charge >= 0.3 is 11.9 Å². The Morgan fingerprint density at radius 2 is 0.923 bits per heavy atom. The molecule has 39 heavy (non-hydrogen) atoms. The minimum atomic E-state index is -0.942. The average Bonchev–Trinajstić information content (AvgIpc) is 2.94. The van der Waals surface area contributed by atoms with E-state index in [0.717, 1.165) is 25.7 Å². The van der Waals surface area contributed by atoms with Crippen LogP contribution in [-0.2, 0) is 9.47 Å². The Morgan fingerprint density at radius 1 is 0.564 bits per heavy atom. The Bertz CT molecular complexity index is 929. The average molecular weight is 549 g/mol. The summed E-state index contributed by atoms with van der Waals surface area (Å²) in [5.41, 5.74) is 0.586. The van der Waals surface area contributed by atoms with E-state index in [1.807, 2.05) is 0 Å². The van der Waals surface area contributed by atoms with Crippen molar-refractivity contribution in [1.29, 1.82) is 0 Å². The van der Waals surface area contributed by atoms with Gasteiger partial charge in [0.15, 0.2) is 11.5 Å². The van der Waals surface area contributed by atoms with Crippen LogP contribution >= 0.6 is 0 Å². The lowest BCUT2D eigenvalue weighted by Gasteiger charge is -2.10. The number of phenolic OH excluding ortho intramolecular Hbond substituents is 5. The van der Waals surface area contributed by atoms with Crippen molar-refractivity contribution in [1.82, 2.24) is 0 Å². The second-order valence-corrected chi connectivity index (χ2v) is 9.31. The number of ether oxygens (including phenoxy) is 2. The molecular formula is C30H44O9. The van der Waals surface area contributed by atoms with Crippen LogP contribution in [0.15, 0.2) is 30.3 Å². The van der Waals surface area contributed by atoms with Gasteiger partial charge in [-0.05, 0) is 25.0 Å². The van der Waals surface area contributed by atoms with Crippen molar-refractivity contribution in [3.8, 4) is 28.7 Å². The van der Waals surface area contributed by atoms with Gasteiger partial charge in [0, 0.05) is 6.07 Å². The zero-order valence-corrected chi connectivity index (χ0v) is 23.2. The van der Waals surface area contributed by atoms with Crippen LogP contribution in [0.1, 0.15) is 112 Å². The van der Waals surface area contributed by atoms with Gasteiger partial charge in [0.05, 0.1) is 24.3 Å². The SMILES string of the molecule is CCCCCCCCOC(=O)c1ccccc1C(=O)OCCCCCCCC.Oc1cc(O)c(O)c(O)c1O. The zero-order chi connectivity index (χ0) is 29.0. The van der Waals surface area contributed by atoms with Gasteiger partial charge in [0.2, 0.25) is 17.2 Å². The van der Waals surface area contributed by atoms with Gasteiger partial charge in [-0.1, -0.05) is 90.2 Å². The molecule has 2 rings (SSSR count). The first-order chi connectivity index (χ1) is 18.7. The third-order valence-electron chi connectivity index (χ3n) is 6.04. The van der Waals surface area contributed by atoms with Crippen LogP contribution in [0.25, 0.3) is 0 Å². The quantitative estimate of drug-likeness (QED) is 0.0649. The molecule has 0 saturated heterocycles. The smallest absolute Gasteiger partial charge is 0.339 e. The highest BCUT2D eigenvalue weighted by molar-refractivity contribution is 6.03. The normalized spacial score (nSPS) is 10.4. The van der Waals surface area contributed by atoms with Crippen LogP contribution in [-0.4, -0.2) is 50.7 Å². The van der Waals surface area contributed by atoms with Crippen molar-refractivity contribution in [3.05, 3.63) is 41.5 Å². The molecule has 0 heterocycles. The first-order valence-electron chi connectivity index (χ1n) is 13.8. The van der Waals surface area contributed by atoms with Crippen LogP contribution in [0.4, 0.5) is 0 Å². The first kappa shape index (κ1) is 33.4. The van der Waals surface area contributed by atoms with Crippen LogP contribution in [0.2, 0.25) is 0 Å². The predicted molar refractivity (Wildman–Crippen MR) is 149 cm³/mol. The number of phenols is 5. The summed E-state index contributed by atoms with van der Waals surface area (Å²) in [6.07, 6.45) is 13.6. The lowest BCUT2D eigenvalue weighted by Crippen LogP contribution is -2.15. The molecule has 0 fully saturated rings. The molecule has 0 bridgehead atoms. The number of hydrogen-bond donors (Lipinski definition) is 5. The summed E-state index contributed by atoms with van der Waals surface area (Å²) in [6.45, 7) is 5.17. The van der Waals surface area contributed by atoms with Crippen molar-refractivity contribution >= 4 is 11.9 Å². The van der Waals surface area contributed by atoms with Crippen molar-refractivity contribution < 1.29 is 44.6 Å². The standard InChI is InChI=1S/C24H38O4.C6H6O5/c1-3-5-7-9-11-15-19-27-23(25)21-17-13-14-18-22(21)24(26)28-20-16-12-10-8-6-4-2;7-2-1-3(8)5(10)6(11)4(2)9/h13-14,17-18H,3-12,15-16,19-20H2,1-2H3;1,7-11H. The summed E-state index contributed by atoms with van der Waals surface area (Å²) in [5.74, 6) is -4.94. The number of unbranched alkanes of at least 4 members (excludes halogenated alkanes) is 10. The van der Waals surface area contributed by atoms with Crippen molar-refractivity contribution in [2.24, 2.45) is 0 Å².